The van der Waals surface area contributed by atoms with E-state index < -0.39 is 11.6 Å². The molecular weight excluding hydrogens is 342 g/mol. The number of aromatic nitrogens is 2. The fourth-order valence-corrected chi connectivity index (χ4v) is 2.86. The number of nitrogens with one attached hydrogen (secondary N) is 1. The Hall–Kier alpha value is -2.71. The lowest BCUT2D eigenvalue weighted by molar-refractivity contribution is 0.369. The van der Waals surface area contributed by atoms with Crippen LogP contribution in [0.15, 0.2) is 27.7 Å². The van der Waals surface area contributed by atoms with Crippen molar-refractivity contribution in [3.8, 4) is 0 Å². The van der Waals surface area contributed by atoms with Gasteiger partial charge in [-0.05, 0) is 19.1 Å². The maximum absolute atomic E-state index is 14.0. The van der Waals surface area contributed by atoms with Crippen molar-refractivity contribution in [2.45, 2.75) is 20.4 Å². The Bertz CT molecular complexity index is 770. The highest BCUT2D eigenvalue weighted by atomic mass is 19.1. The van der Waals surface area contributed by atoms with Gasteiger partial charge in [0.05, 0.1) is 5.69 Å². The summed E-state index contributed by atoms with van der Waals surface area (Å²) in [4.78, 5) is 12.6. The van der Waals surface area contributed by atoms with Gasteiger partial charge in [-0.25, -0.2) is 13.8 Å². The predicted molar refractivity (Wildman–Crippen MR) is 94.0 cm³/mol. The minimum absolute atomic E-state index is 0.300. The molecule has 140 valence electrons. The molecule has 3 rings (SSSR count). The molecule has 7 nitrogen and oxygen atoms in total. The number of anilines is 1. The second-order valence-electron chi connectivity index (χ2n) is 5.97. The maximum Gasteiger partial charge on any atom is 0.223 e. The SMILES string of the molecule is CCNC(=NCc1noc(C)n1)N1CCN(c2cc(F)ccc2F)CC1. The molecule has 0 atom stereocenters. The van der Waals surface area contributed by atoms with Gasteiger partial charge in [0.1, 0.15) is 18.2 Å². The molecule has 0 unspecified atom stereocenters. The minimum Gasteiger partial charge on any atom is -0.366 e. The average molecular weight is 364 g/mol. The van der Waals surface area contributed by atoms with Gasteiger partial charge in [0.15, 0.2) is 11.8 Å². The molecule has 0 aliphatic carbocycles. The summed E-state index contributed by atoms with van der Waals surface area (Å²) in [5.41, 5.74) is 0.300. The molecule has 0 bridgehead atoms. The number of piperazine rings is 1. The summed E-state index contributed by atoms with van der Waals surface area (Å²) in [6.45, 7) is 7.21. The molecule has 1 saturated heterocycles. The second kappa shape index (κ2) is 8.11. The lowest BCUT2D eigenvalue weighted by Crippen LogP contribution is -2.52. The van der Waals surface area contributed by atoms with Crippen LogP contribution in [-0.2, 0) is 6.54 Å². The number of aryl methyl sites for hydroxylation is 1. The van der Waals surface area contributed by atoms with Crippen LogP contribution >= 0.6 is 0 Å². The first-order valence-corrected chi connectivity index (χ1v) is 8.59. The summed E-state index contributed by atoms with van der Waals surface area (Å²) in [6.07, 6.45) is 0. The van der Waals surface area contributed by atoms with E-state index in [9.17, 15) is 8.78 Å². The van der Waals surface area contributed by atoms with Gasteiger partial charge >= 0.3 is 0 Å². The van der Waals surface area contributed by atoms with E-state index in [2.05, 4.69) is 25.3 Å². The summed E-state index contributed by atoms with van der Waals surface area (Å²) in [5.74, 6) is 0.931. The van der Waals surface area contributed by atoms with Crippen LogP contribution in [0, 0.1) is 18.6 Å². The van der Waals surface area contributed by atoms with Crippen LogP contribution in [-0.4, -0.2) is 53.7 Å². The third kappa shape index (κ3) is 4.27. The first-order valence-electron chi connectivity index (χ1n) is 8.59. The molecular formula is C17H22F2N6O. The number of hydrogen-bond donors (Lipinski definition) is 1. The molecule has 0 saturated carbocycles. The van der Waals surface area contributed by atoms with E-state index in [4.69, 9.17) is 4.52 Å². The largest absolute Gasteiger partial charge is 0.366 e. The zero-order chi connectivity index (χ0) is 18.5. The Morgan fingerprint density at radius 2 is 2.04 bits per heavy atom. The number of rotatable bonds is 4. The quantitative estimate of drug-likeness (QED) is 0.661. The van der Waals surface area contributed by atoms with E-state index in [0.29, 0.717) is 50.1 Å². The van der Waals surface area contributed by atoms with Gasteiger partial charge in [0.25, 0.3) is 0 Å². The maximum atomic E-state index is 14.0. The summed E-state index contributed by atoms with van der Waals surface area (Å²) in [5, 5.41) is 7.08. The van der Waals surface area contributed by atoms with E-state index >= 15 is 0 Å². The van der Waals surface area contributed by atoms with E-state index in [1.807, 2.05) is 11.8 Å². The average Bonchev–Trinajstić information content (AvgIpc) is 3.06. The Labute approximate surface area is 150 Å². The van der Waals surface area contributed by atoms with Gasteiger partial charge in [-0.15, -0.1) is 0 Å². The minimum atomic E-state index is -0.436. The molecule has 2 heterocycles. The second-order valence-corrected chi connectivity index (χ2v) is 5.97. The van der Waals surface area contributed by atoms with Crippen molar-refractivity contribution in [3.63, 3.8) is 0 Å². The van der Waals surface area contributed by atoms with Crippen LogP contribution in [0.2, 0.25) is 0 Å². The third-order valence-corrected chi connectivity index (χ3v) is 4.10. The molecule has 1 aliphatic heterocycles. The van der Waals surface area contributed by atoms with Gasteiger partial charge in [-0.3, -0.25) is 0 Å². The summed E-state index contributed by atoms with van der Waals surface area (Å²) >= 11 is 0. The zero-order valence-corrected chi connectivity index (χ0v) is 14.9. The number of aliphatic imine (C=N–C) groups is 1. The van der Waals surface area contributed by atoms with Crippen molar-refractivity contribution in [3.05, 3.63) is 41.5 Å². The Balaban J connectivity index is 1.65. The fourth-order valence-electron chi connectivity index (χ4n) is 2.86. The molecule has 1 fully saturated rings. The number of benzene rings is 1. The summed E-state index contributed by atoms with van der Waals surface area (Å²) in [7, 11) is 0. The molecule has 1 aromatic heterocycles. The van der Waals surface area contributed by atoms with Crippen molar-refractivity contribution in [1.29, 1.82) is 0 Å². The lowest BCUT2D eigenvalue weighted by Gasteiger charge is -2.37. The van der Waals surface area contributed by atoms with Crippen molar-refractivity contribution in [1.82, 2.24) is 20.4 Å². The van der Waals surface area contributed by atoms with Crippen LogP contribution in [0.1, 0.15) is 18.6 Å². The van der Waals surface area contributed by atoms with Crippen LogP contribution in [0.3, 0.4) is 0 Å². The van der Waals surface area contributed by atoms with Crippen molar-refractivity contribution in [2.75, 3.05) is 37.6 Å². The van der Waals surface area contributed by atoms with E-state index in [1.54, 1.807) is 6.92 Å². The smallest absolute Gasteiger partial charge is 0.223 e. The highest BCUT2D eigenvalue weighted by Crippen LogP contribution is 2.22. The first-order chi connectivity index (χ1) is 12.6. The summed E-state index contributed by atoms with van der Waals surface area (Å²) in [6, 6.07) is 3.53. The monoisotopic (exact) mass is 364 g/mol. The lowest BCUT2D eigenvalue weighted by atomic mass is 10.2. The molecule has 0 radical (unpaired) electrons. The number of guanidine groups is 1. The Kier molecular flexibility index (Phi) is 5.65. The molecule has 26 heavy (non-hydrogen) atoms. The van der Waals surface area contributed by atoms with Crippen molar-refractivity contribution in [2.24, 2.45) is 4.99 Å². The summed E-state index contributed by atoms with van der Waals surface area (Å²) < 4.78 is 32.3. The molecule has 1 N–H and O–H groups in total. The van der Waals surface area contributed by atoms with Gasteiger partial charge in [0.2, 0.25) is 5.89 Å². The normalized spacial score (nSPS) is 15.5. The van der Waals surface area contributed by atoms with Gasteiger partial charge in [-0.2, -0.15) is 4.98 Å². The van der Waals surface area contributed by atoms with E-state index in [0.717, 1.165) is 24.6 Å². The fraction of sp³-hybridized carbons (Fsp3) is 0.471. The molecule has 0 spiro atoms. The van der Waals surface area contributed by atoms with Crippen LogP contribution in [0.25, 0.3) is 0 Å². The van der Waals surface area contributed by atoms with Crippen molar-refractivity contribution < 1.29 is 13.3 Å². The highest BCUT2D eigenvalue weighted by Gasteiger charge is 2.22. The van der Waals surface area contributed by atoms with E-state index in [-0.39, 0.29) is 0 Å². The number of halogens is 2. The number of hydrogen-bond acceptors (Lipinski definition) is 5. The van der Waals surface area contributed by atoms with Gasteiger partial charge in [-0.1, -0.05) is 5.16 Å². The molecule has 1 aromatic carbocycles. The van der Waals surface area contributed by atoms with Crippen molar-refractivity contribution >= 4 is 11.6 Å². The molecule has 0 amide bonds. The molecule has 2 aromatic rings. The molecule has 1 aliphatic rings. The van der Waals surface area contributed by atoms with Crippen LogP contribution in [0.5, 0.6) is 0 Å². The Morgan fingerprint density at radius 1 is 1.27 bits per heavy atom. The molecule has 9 heteroatoms. The number of nitrogens with zero attached hydrogens (tertiary/aromatic N) is 5. The first kappa shape index (κ1) is 18.1. The predicted octanol–water partition coefficient (Wildman–Crippen LogP) is 1.94. The third-order valence-electron chi connectivity index (χ3n) is 4.10. The zero-order valence-electron chi connectivity index (χ0n) is 14.9. The van der Waals surface area contributed by atoms with Gasteiger partial charge < -0.3 is 19.6 Å². The standard InChI is InChI=1S/C17H22F2N6O/c1-3-20-17(21-11-16-22-12(2)26-23-16)25-8-6-24(7-9-25)15-10-13(18)4-5-14(15)19/h4-5,10H,3,6-9,11H2,1-2H3,(H,20,21). The van der Waals surface area contributed by atoms with Gasteiger partial charge in [0, 0.05) is 45.7 Å². The van der Waals surface area contributed by atoms with Crippen LogP contribution in [0.4, 0.5) is 14.5 Å². The highest BCUT2D eigenvalue weighted by molar-refractivity contribution is 5.80. The van der Waals surface area contributed by atoms with Crippen LogP contribution < -0.4 is 10.2 Å². The van der Waals surface area contributed by atoms with E-state index in [1.165, 1.54) is 6.07 Å². The topological polar surface area (TPSA) is 69.8 Å². The Morgan fingerprint density at radius 3 is 2.69 bits per heavy atom.